The Kier molecular flexibility index (Phi) is 6.55. The summed E-state index contributed by atoms with van der Waals surface area (Å²) >= 11 is 0. The Balaban J connectivity index is 0.968. The maximum atomic E-state index is 2.85. The molecule has 4 aromatic carbocycles. The Labute approximate surface area is 296 Å². The average molecular weight is 646 g/mol. The minimum atomic E-state index is 0.359. The molecule has 1 aromatic heterocycles. The van der Waals surface area contributed by atoms with Gasteiger partial charge in [0.1, 0.15) is 0 Å². The lowest BCUT2D eigenvalue weighted by Crippen LogP contribution is -2.36. The molecule has 1 heterocycles. The molecule has 0 amide bonds. The Morgan fingerprint density at radius 2 is 1.58 bits per heavy atom. The smallest absolute Gasteiger partial charge is 0.0491 e. The van der Waals surface area contributed by atoms with Crippen LogP contribution in [-0.4, -0.2) is 4.57 Å². The van der Waals surface area contributed by atoms with Gasteiger partial charge < -0.3 is 4.57 Å². The molecule has 6 aliphatic carbocycles. The van der Waals surface area contributed by atoms with Crippen molar-refractivity contribution in [2.75, 3.05) is 0 Å². The molecule has 50 heavy (non-hydrogen) atoms. The van der Waals surface area contributed by atoms with Gasteiger partial charge in [-0.2, -0.15) is 0 Å². The van der Waals surface area contributed by atoms with Crippen LogP contribution in [0.4, 0.5) is 0 Å². The number of fused-ring (bicyclic) bond motifs is 9. The van der Waals surface area contributed by atoms with Crippen molar-refractivity contribution in [1.82, 2.24) is 4.57 Å². The first-order chi connectivity index (χ1) is 24.8. The quantitative estimate of drug-likeness (QED) is 0.172. The number of aromatic nitrogens is 1. The fourth-order valence-corrected chi connectivity index (χ4v) is 11.4. The molecule has 7 unspecified atom stereocenters. The fraction of sp³-hybridized carbons (Fsp3) is 0.265. The zero-order chi connectivity index (χ0) is 32.8. The van der Waals surface area contributed by atoms with Crippen LogP contribution in [-0.2, 0) is 12.8 Å². The van der Waals surface area contributed by atoms with Gasteiger partial charge in [-0.05, 0) is 101 Å². The van der Waals surface area contributed by atoms with Crippen molar-refractivity contribution < 1.29 is 0 Å². The summed E-state index contributed by atoms with van der Waals surface area (Å²) in [5, 5.41) is 1.43. The normalized spacial score (nSPS) is 29.2. The lowest BCUT2D eigenvalue weighted by atomic mass is 9.66. The minimum absolute atomic E-state index is 0.359. The van der Waals surface area contributed by atoms with E-state index in [0.29, 0.717) is 29.7 Å². The summed E-state index contributed by atoms with van der Waals surface area (Å²) in [5.74, 6) is 4.00. The van der Waals surface area contributed by atoms with Crippen LogP contribution in [0.15, 0.2) is 139 Å². The van der Waals surface area contributed by atoms with E-state index in [1.165, 1.54) is 81.1 Å². The van der Waals surface area contributed by atoms with Crippen molar-refractivity contribution in [3.8, 4) is 11.1 Å². The lowest BCUT2D eigenvalue weighted by molar-refractivity contribution is 0.134. The van der Waals surface area contributed by atoms with E-state index in [-0.39, 0.29) is 0 Å². The highest BCUT2D eigenvalue weighted by Gasteiger charge is 2.53. The lowest BCUT2D eigenvalue weighted by Gasteiger charge is -2.43. The number of hydrogen-bond donors (Lipinski definition) is 0. The molecular formula is C49H43N. The molecule has 2 saturated carbocycles. The van der Waals surface area contributed by atoms with Crippen molar-refractivity contribution in [2.24, 2.45) is 29.6 Å². The average Bonchev–Trinajstić information content (AvgIpc) is 3.69. The number of hydrogen-bond acceptors (Lipinski definition) is 0. The van der Waals surface area contributed by atoms with Crippen molar-refractivity contribution in [3.05, 3.63) is 173 Å². The van der Waals surface area contributed by atoms with Gasteiger partial charge in [-0.25, -0.2) is 0 Å². The van der Waals surface area contributed by atoms with Crippen LogP contribution in [0.5, 0.6) is 0 Å². The van der Waals surface area contributed by atoms with E-state index in [2.05, 4.69) is 150 Å². The van der Waals surface area contributed by atoms with Crippen molar-refractivity contribution >= 4 is 28.6 Å². The monoisotopic (exact) mass is 645 g/mol. The van der Waals surface area contributed by atoms with Crippen LogP contribution in [0.1, 0.15) is 71.2 Å². The van der Waals surface area contributed by atoms with Crippen molar-refractivity contribution in [1.29, 1.82) is 0 Å². The Morgan fingerprint density at radius 1 is 0.720 bits per heavy atom. The molecule has 1 heteroatoms. The zero-order valence-electron chi connectivity index (χ0n) is 28.6. The van der Waals surface area contributed by atoms with E-state index in [0.717, 1.165) is 24.7 Å². The van der Waals surface area contributed by atoms with Gasteiger partial charge in [0.05, 0.1) is 0 Å². The highest BCUT2D eigenvalue weighted by atomic mass is 15.0. The van der Waals surface area contributed by atoms with Crippen LogP contribution >= 0.6 is 0 Å². The second-order valence-corrected chi connectivity index (χ2v) is 15.8. The molecule has 0 bridgehead atoms. The standard InChI is InChI=1S/C49H43N/c1-2-11-31(12-3-1)27-35-28-34-22-21-32(29-45(34)37-14-5-4-13-36(35)37)33-23-24-41-40-17-8-9-20-46(40)50(48(41)30-33)47-26-25-43-39-16-7-6-15-38(39)42-18-10-19-44(47)49(42)43/h1-6,8-15,17-24,27,29,33,38-39,43-44,47,49H,7,16,25-26,28,30H2/b35-27-. The van der Waals surface area contributed by atoms with Gasteiger partial charge in [-0.1, -0.05) is 145 Å². The second-order valence-electron chi connectivity index (χ2n) is 15.8. The van der Waals surface area contributed by atoms with Crippen LogP contribution in [0, 0.1) is 29.6 Å². The van der Waals surface area contributed by atoms with E-state index in [9.17, 15) is 0 Å². The predicted octanol–water partition coefficient (Wildman–Crippen LogP) is 12.0. The van der Waals surface area contributed by atoms with Gasteiger partial charge in [-0.3, -0.25) is 0 Å². The summed E-state index contributed by atoms with van der Waals surface area (Å²) in [6.07, 6.45) is 27.2. The summed E-state index contributed by atoms with van der Waals surface area (Å²) < 4.78 is 2.85. The molecule has 11 rings (SSSR count). The zero-order valence-corrected chi connectivity index (χ0v) is 28.6. The maximum Gasteiger partial charge on any atom is 0.0491 e. The largest absolute Gasteiger partial charge is 0.340 e. The van der Waals surface area contributed by atoms with E-state index in [1.807, 2.05) is 0 Å². The van der Waals surface area contributed by atoms with Gasteiger partial charge in [-0.15, -0.1) is 0 Å². The SMILES string of the molecule is C1=CC2C3C(=C1)C1C=CCCC1C3CCC2n1c2c(c3ccccc31)C=CC(c1ccc3c(c1)-c1ccccc1/C(=C\c1ccccc1)C3)C2. The first kappa shape index (κ1) is 28.9. The Morgan fingerprint density at radius 3 is 2.52 bits per heavy atom. The van der Waals surface area contributed by atoms with Gasteiger partial charge in [0, 0.05) is 46.0 Å². The summed E-state index contributed by atoms with van der Waals surface area (Å²) in [7, 11) is 0. The van der Waals surface area contributed by atoms with Crippen LogP contribution in [0.3, 0.4) is 0 Å². The number of allylic oxidation sites excluding steroid dienone is 8. The summed E-state index contributed by atoms with van der Waals surface area (Å²) in [6.45, 7) is 0. The van der Waals surface area contributed by atoms with E-state index in [1.54, 1.807) is 11.3 Å². The van der Waals surface area contributed by atoms with Crippen molar-refractivity contribution in [2.45, 2.75) is 50.5 Å². The highest BCUT2D eigenvalue weighted by Crippen LogP contribution is 2.61. The third-order valence-electron chi connectivity index (χ3n) is 13.5. The van der Waals surface area contributed by atoms with Crippen LogP contribution < -0.4 is 0 Å². The fourth-order valence-electron chi connectivity index (χ4n) is 11.4. The molecule has 0 spiro atoms. The summed E-state index contributed by atoms with van der Waals surface area (Å²) in [4.78, 5) is 0. The second kappa shape index (κ2) is 11.3. The third-order valence-corrected chi connectivity index (χ3v) is 13.5. The van der Waals surface area contributed by atoms with Gasteiger partial charge >= 0.3 is 0 Å². The van der Waals surface area contributed by atoms with Gasteiger partial charge in [0.15, 0.2) is 0 Å². The molecule has 2 fully saturated rings. The molecule has 0 saturated heterocycles. The number of benzene rings is 4. The Hall–Kier alpha value is -4.88. The third kappa shape index (κ3) is 4.32. The highest BCUT2D eigenvalue weighted by molar-refractivity contribution is 5.95. The molecule has 0 N–H and O–H groups in total. The van der Waals surface area contributed by atoms with Crippen LogP contribution in [0.25, 0.3) is 39.8 Å². The van der Waals surface area contributed by atoms with E-state index in [4.69, 9.17) is 0 Å². The first-order valence-corrected chi connectivity index (χ1v) is 19.1. The van der Waals surface area contributed by atoms with E-state index < -0.39 is 0 Å². The first-order valence-electron chi connectivity index (χ1n) is 19.1. The Bertz CT molecular complexity index is 2320. The summed E-state index contributed by atoms with van der Waals surface area (Å²) in [6, 6.07) is 37.0. The molecule has 0 aliphatic heterocycles. The van der Waals surface area contributed by atoms with Crippen LogP contribution in [0.2, 0.25) is 0 Å². The van der Waals surface area contributed by atoms with E-state index >= 15 is 0 Å². The van der Waals surface area contributed by atoms with Gasteiger partial charge in [0.25, 0.3) is 0 Å². The molecule has 244 valence electrons. The molecule has 0 radical (unpaired) electrons. The molecule has 5 aromatic rings. The predicted molar refractivity (Wildman–Crippen MR) is 209 cm³/mol. The molecule has 6 aliphatic rings. The topological polar surface area (TPSA) is 4.93 Å². The number of nitrogens with zero attached hydrogens (tertiary/aromatic N) is 1. The maximum absolute atomic E-state index is 2.85. The number of rotatable bonds is 3. The molecule has 7 atom stereocenters. The molecular weight excluding hydrogens is 603 g/mol. The number of para-hydroxylation sites is 1. The molecule has 1 nitrogen and oxygen atoms in total. The minimum Gasteiger partial charge on any atom is -0.340 e. The van der Waals surface area contributed by atoms with Gasteiger partial charge in [0.2, 0.25) is 0 Å². The van der Waals surface area contributed by atoms with Crippen molar-refractivity contribution in [3.63, 3.8) is 0 Å². The summed E-state index contributed by atoms with van der Waals surface area (Å²) in [5.41, 5.74) is 15.9.